The molecule has 2 aromatic carbocycles. The summed E-state index contributed by atoms with van der Waals surface area (Å²) in [6, 6.07) is 16.9. The molecule has 1 atom stereocenters. The van der Waals surface area contributed by atoms with Gasteiger partial charge in [-0.25, -0.2) is 0 Å². The van der Waals surface area contributed by atoms with E-state index in [0.29, 0.717) is 17.7 Å². The number of amides is 1. The number of nitrogens with zero attached hydrogens (tertiary/aromatic N) is 1. The van der Waals surface area contributed by atoms with E-state index in [9.17, 15) is 9.59 Å². The number of fused-ring (bicyclic) bond motifs is 2. The molecule has 0 spiro atoms. The first kappa shape index (κ1) is 14.5. The van der Waals surface area contributed by atoms with Crippen LogP contribution < -0.4 is 10.9 Å². The normalized spacial score (nSPS) is 16.8. The van der Waals surface area contributed by atoms with Gasteiger partial charge in [0, 0.05) is 17.7 Å². The van der Waals surface area contributed by atoms with Crippen LogP contribution in [0.3, 0.4) is 0 Å². The van der Waals surface area contributed by atoms with E-state index >= 15 is 0 Å². The first-order chi connectivity index (χ1) is 11.7. The number of aromatic amines is 1. The van der Waals surface area contributed by atoms with Crippen LogP contribution in [0.2, 0.25) is 0 Å². The van der Waals surface area contributed by atoms with Crippen molar-refractivity contribution >= 4 is 22.5 Å². The number of carbonyl (C=O) groups is 1. The summed E-state index contributed by atoms with van der Waals surface area (Å²) in [4.78, 5) is 29.9. The zero-order valence-corrected chi connectivity index (χ0v) is 13.2. The molecule has 0 saturated carbocycles. The van der Waals surface area contributed by atoms with Gasteiger partial charge in [-0.05, 0) is 36.6 Å². The van der Waals surface area contributed by atoms with Gasteiger partial charge in [-0.15, -0.1) is 0 Å². The summed E-state index contributed by atoms with van der Waals surface area (Å²) in [7, 11) is 0. The lowest BCUT2D eigenvalue weighted by Crippen LogP contribution is -2.44. The third-order valence-electron chi connectivity index (χ3n) is 4.44. The van der Waals surface area contributed by atoms with Crippen molar-refractivity contribution in [3.05, 3.63) is 76.1 Å². The van der Waals surface area contributed by atoms with Gasteiger partial charge in [0.05, 0.1) is 11.1 Å². The van der Waals surface area contributed by atoms with Crippen LogP contribution in [0.4, 0.5) is 5.69 Å². The second kappa shape index (κ2) is 5.53. The average Bonchev–Trinajstić information content (AvgIpc) is 2.61. The number of H-pyrrole nitrogens is 1. The van der Waals surface area contributed by atoms with Crippen molar-refractivity contribution in [2.75, 3.05) is 11.9 Å². The van der Waals surface area contributed by atoms with E-state index in [2.05, 4.69) is 10.3 Å². The van der Waals surface area contributed by atoms with Gasteiger partial charge >= 0.3 is 0 Å². The summed E-state index contributed by atoms with van der Waals surface area (Å²) >= 11 is 0. The largest absolute Gasteiger partial charge is 0.361 e. The molecular formula is C19H17N3O2. The van der Waals surface area contributed by atoms with Gasteiger partial charge in [0.15, 0.2) is 0 Å². The highest BCUT2D eigenvalue weighted by atomic mass is 16.2. The van der Waals surface area contributed by atoms with Crippen molar-refractivity contribution in [2.45, 2.75) is 13.1 Å². The summed E-state index contributed by atoms with van der Waals surface area (Å²) < 4.78 is 0. The van der Waals surface area contributed by atoms with Gasteiger partial charge in [0.1, 0.15) is 6.17 Å². The number of aromatic nitrogens is 1. The first-order valence-corrected chi connectivity index (χ1v) is 7.97. The van der Waals surface area contributed by atoms with Gasteiger partial charge in [-0.2, -0.15) is 0 Å². The van der Waals surface area contributed by atoms with Crippen LogP contribution in [0.1, 0.15) is 29.0 Å². The second-order valence-corrected chi connectivity index (χ2v) is 5.82. The smallest absolute Gasteiger partial charge is 0.257 e. The van der Waals surface area contributed by atoms with E-state index in [1.54, 1.807) is 11.0 Å². The molecule has 120 valence electrons. The highest BCUT2D eigenvalue weighted by Gasteiger charge is 2.33. The number of hydrogen-bond acceptors (Lipinski definition) is 3. The fourth-order valence-electron chi connectivity index (χ4n) is 3.23. The quantitative estimate of drug-likeness (QED) is 0.763. The zero-order valence-electron chi connectivity index (χ0n) is 13.2. The zero-order chi connectivity index (χ0) is 16.7. The highest BCUT2D eigenvalue weighted by molar-refractivity contribution is 6.01. The summed E-state index contributed by atoms with van der Waals surface area (Å²) in [5.41, 5.74) is 2.53. The number of para-hydroxylation sites is 2. The second-order valence-electron chi connectivity index (χ2n) is 5.82. The minimum atomic E-state index is -0.481. The molecule has 0 aliphatic carbocycles. The molecule has 1 aliphatic rings. The van der Waals surface area contributed by atoms with E-state index in [1.165, 1.54) is 0 Å². The van der Waals surface area contributed by atoms with Gasteiger partial charge < -0.3 is 15.2 Å². The molecule has 24 heavy (non-hydrogen) atoms. The monoisotopic (exact) mass is 319 g/mol. The van der Waals surface area contributed by atoms with Crippen LogP contribution in [-0.2, 0) is 0 Å². The summed E-state index contributed by atoms with van der Waals surface area (Å²) in [5.74, 6) is -0.0654. The van der Waals surface area contributed by atoms with Gasteiger partial charge in [-0.1, -0.05) is 30.3 Å². The Morgan fingerprint density at radius 2 is 1.79 bits per heavy atom. The van der Waals surface area contributed by atoms with Crippen LogP contribution in [0.15, 0.2) is 59.4 Å². The molecule has 0 radical (unpaired) electrons. The van der Waals surface area contributed by atoms with Crippen molar-refractivity contribution in [1.82, 2.24) is 9.88 Å². The molecule has 2 N–H and O–H groups in total. The first-order valence-electron chi connectivity index (χ1n) is 7.97. The van der Waals surface area contributed by atoms with E-state index in [-0.39, 0.29) is 11.5 Å². The van der Waals surface area contributed by atoms with Crippen LogP contribution in [0.5, 0.6) is 0 Å². The summed E-state index contributed by atoms with van der Waals surface area (Å²) in [5, 5.41) is 4.28. The van der Waals surface area contributed by atoms with Crippen LogP contribution in [-0.4, -0.2) is 22.3 Å². The summed E-state index contributed by atoms with van der Waals surface area (Å²) in [6.07, 6.45) is -0.481. The van der Waals surface area contributed by atoms with Crippen LogP contribution in [0.25, 0.3) is 10.9 Å². The van der Waals surface area contributed by atoms with Crippen molar-refractivity contribution in [1.29, 1.82) is 0 Å². The van der Waals surface area contributed by atoms with Gasteiger partial charge in [-0.3, -0.25) is 9.59 Å². The minimum absolute atomic E-state index is 0.0654. The maximum atomic E-state index is 12.8. The molecule has 5 nitrogen and oxygen atoms in total. The van der Waals surface area contributed by atoms with Gasteiger partial charge in [0.25, 0.3) is 11.5 Å². The number of benzene rings is 2. The highest BCUT2D eigenvalue weighted by Crippen LogP contribution is 2.32. The van der Waals surface area contributed by atoms with Crippen molar-refractivity contribution < 1.29 is 4.79 Å². The van der Waals surface area contributed by atoms with Crippen molar-refractivity contribution in [2.24, 2.45) is 0 Å². The van der Waals surface area contributed by atoms with Crippen LogP contribution >= 0.6 is 0 Å². The number of nitrogens with one attached hydrogen (secondary N) is 2. The molecule has 1 aliphatic heterocycles. The predicted octanol–water partition coefficient (Wildman–Crippen LogP) is 3.11. The Kier molecular flexibility index (Phi) is 3.34. The fraction of sp³-hybridized carbons (Fsp3) is 0.158. The molecule has 1 aromatic heterocycles. The van der Waals surface area contributed by atoms with Crippen LogP contribution in [0, 0.1) is 0 Å². The topological polar surface area (TPSA) is 65.2 Å². The molecule has 4 rings (SSSR count). The molecule has 0 unspecified atom stereocenters. The predicted molar refractivity (Wildman–Crippen MR) is 94.1 cm³/mol. The molecule has 2 heterocycles. The maximum Gasteiger partial charge on any atom is 0.257 e. The Balaban J connectivity index is 1.88. The number of anilines is 1. The standard InChI is InChI=1S/C19H17N3O2/c1-2-22-17(20-16-10-6-4-8-13(16)19(22)24)14-11-12-7-3-5-9-15(12)21-18(14)23/h3-11,17,20H,2H2,1H3,(H,21,23)/t17-/m0/s1. The Labute approximate surface area is 138 Å². The Bertz CT molecular complexity index is 993. The number of pyridine rings is 1. The Morgan fingerprint density at radius 1 is 1.04 bits per heavy atom. The lowest BCUT2D eigenvalue weighted by atomic mass is 10.0. The molecule has 1 amide bonds. The third-order valence-corrected chi connectivity index (χ3v) is 4.44. The van der Waals surface area contributed by atoms with Crippen molar-refractivity contribution in [3.63, 3.8) is 0 Å². The van der Waals surface area contributed by atoms with E-state index in [1.807, 2.05) is 55.5 Å². The molecule has 3 aromatic rings. The summed E-state index contributed by atoms with van der Waals surface area (Å²) in [6.45, 7) is 2.42. The van der Waals surface area contributed by atoms with Crippen molar-refractivity contribution in [3.8, 4) is 0 Å². The number of rotatable bonds is 2. The molecule has 0 bridgehead atoms. The third kappa shape index (κ3) is 2.17. The Morgan fingerprint density at radius 3 is 2.62 bits per heavy atom. The molecular weight excluding hydrogens is 302 g/mol. The van der Waals surface area contributed by atoms with Gasteiger partial charge in [0.2, 0.25) is 0 Å². The lowest BCUT2D eigenvalue weighted by molar-refractivity contribution is 0.0694. The van der Waals surface area contributed by atoms with E-state index in [4.69, 9.17) is 0 Å². The van der Waals surface area contributed by atoms with E-state index < -0.39 is 6.17 Å². The average molecular weight is 319 g/mol. The SMILES string of the molecule is CCN1C(=O)c2ccccc2N[C@@H]1c1cc2ccccc2[nH]c1=O. The Hall–Kier alpha value is -3.08. The number of hydrogen-bond donors (Lipinski definition) is 2. The molecule has 5 heteroatoms. The maximum absolute atomic E-state index is 12.8. The lowest BCUT2D eigenvalue weighted by Gasteiger charge is -2.37. The van der Waals surface area contributed by atoms with E-state index in [0.717, 1.165) is 16.6 Å². The minimum Gasteiger partial charge on any atom is -0.361 e. The molecule has 0 saturated heterocycles. The fourth-order valence-corrected chi connectivity index (χ4v) is 3.23. The molecule has 0 fully saturated rings. The number of carbonyl (C=O) groups excluding carboxylic acids is 1.